The van der Waals surface area contributed by atoms with Crippen molar-refractivity contribution in [1.29, 1.82) is 0 Å². The van der Waals surface area contributed by atoms with Crippen LogP contribution < -0.4 is 5.32 Å². The molecule has 145 valence electrons. The van der Waals surface area contributed by atoms with Crippen molar-refractivity contribution in [2.24, 2.45) is 0 Å². The maximum Gasteiger partial charge on any atom is 0.295 e. The molecule has 11 heteroatoms. The lowest BCUT2D eigenvalue weighted by Crippen LogP contribution is -2.13. The molecular weight excluding hydrogens is 410 g/mol. The Hall–Kier alpha value is -2.99. The van der Waals surface area contributed by atoms with E-state index < -0.39 is 41.7 Å². The summed E-state index contributed by atoms with van der Waals surface area (Å²) in [6.07, 6.45) is 0. The summed E-state index contributed by atoms with van der Waals surface area (Å²) >= 11 is 0. The van der Waals surface area contributed by atoms with Crippen LogP contribution in [0.3, 0.4) is 0 Å². The van der Waals surface area contributed by atoms with Crippen LogP contribution in [0.1, 0.15) is 10.4 Å². The van der Waals surface area contributed by atoms with E-state index in [0.717, 1.165) is 18.2 Å². The van der Waals surface area contributed by atoms with Crippen molar-refractivity contribution >= 4 is 42.6 Å². The van der Waals surface area contributed by atoms with Crippen LogP contribution in [-0.2, 0) is 20.2 Å². The van der Waals surface area contributed by atoms with Gasteiger partial charge in [0.15, 0.2) is 0 Å². The molecule has 3 aromatic rings. The summed E-state index contributed by atoms with van der Waals surface area (Å²) in [5, 5.41) is 12.3. The topological polar surface area (TPSA) is 158 Å². The van der Waals surface area contributed by atoms with Gasteiger partial charge in [-0.1, -0.05) is 18.2 Å². The second-order valence-electron chi connectivity index (χ2n) is 5.69. The first-order chi connectivity index (χ1) is 13.0. The first kappa shape index (κ1) is 19.8. The van der Waals surface area contributed by atoms with Gasteiger partial charge in [0.25, 0.3) is 26.1 Å². The molecule has 0 aliphatic carbocycles. The number of rotatable bonds is 4. The first-order valence-electron chi connectivity index (χ1n) is 7.51. The molecule has 0 bridgehead atoms. The van der Waals surface area contributed by atoms with Crippen LogP contribution in [0.25, 0.3) is 10.8 Å². The Morgan fingerprint density at radius 2 is 1.57 bits per heavy atom. The van der Waals surface area contributed by atoms with E-state index in [1.54, 1.807) is 18.2 Å². The SMILES string of the molecule is O=C(Nc1cc(S(=O)(=O)O)cc2cc(S(=O)(=O)O)[c]c(O)c12)c1ccccc1. The van der Waals surface area contributed by atoms with E-state index in [2.05, 4.69) is 11.4 Å². The van der Waals surface area contributed by atoms with Gasteiger partial charge in [0.2, 0.25) is 0 Å². The molecule has 0 aliphatic heterocycles. The van der Waals surface area contributed by atoms with Crippen molar-refractivity contribution in [3.05, 3.63) is 60.2 Å². The lowest BCUT2D eigenvalue weighted by Gasteiger charge is -2.13. The number of amides is 1. The third kappa shape index (κ3) is 3.97. The number of hydrogen-bond acceptors (Lipinski definition) is 6. The van der Waals surface area contributed by atoms with Gasteiger partial charge in [-0.05, 0) is 35.7 Å². The van der Waals surface area contributed by atoms with Gasteiger partial charge in [-0.15, -0.1) is 0 Å². The van der Waals surface area contributed by atoms with Crippen LogP contribution >= 0.6 is 0 Å². The summed E-state index contributed by atoms with van der Waals surface area (Å²) in [6.45, 7) is 0. The molecule has 3 rings (SSSR count). The predicted molar refractivity (Wildman–Crippen MR) is 98.5 cm³/mol. The fraction of sp³-hybridized carbons (Fsp3) is 0. The lowest BCUT2D eigenvalue weighted by molar-refractivity contribution is 0.102. The van der Waals surface area contributed by atoms with Gasteiger partial charge in [0, 0.05) is 10.9 Å². The number of hydrogen-bond donors (Lipinski definition) is 4. The highest BCUT2D eigenvalue weighted by atomic mass is 32.2. The van der Waals surface area contributed by atoms with Gasteiger partial charge in [-0.2, -0.15) is 16.8 Å². The molecule has 0 saturated carbocycles. The molecule has 28 heavy (non-hydrogen) atoms. The number of carbonyl (C=O) groups excluding carboxylic acids is 1. The summed E-state index contributed by atoms with van der Waals surface area (Å²) in [7, 11) is -9.49. The van der Waals surface area contributed by atoms with Gasteiger partial charge in [0.05, 0.1) is 16.6 Å². The number of nitrogens with one attached hydrogen (secondary N) is 1. The van der Waals surface area contributed by atoms with Crippen LogP contribution in [0, 0.1) is 6.07 Å². The highest BCUT2D eigenvalue weighted by Gasteiger charge is 2.21. The molecule has 0 atom stereocenters. The highest BCUT2D eigenvalue weighted by Crippen LogP contribution is 2.36. The Labute approximate surface area is 159 Å². The van der Waals surface area contributed by atoms with Gasteiger partial charge in [-0.25, -0.2) is 0 Å². The summed E-state index contributed by atoms with van der Waals surface area (Å²) in [5.41, 5.74) is 0.0144. The number of aromatic hydroxyl groups is 1. The molecule has 1 radical (unpaired) electrons. The molecular formula is C17H12NO8S2. The Morgan fingerprint density at radius 3 is 2.14 bits per heavy atom. The highest BCUT2D eigenvalue weighted by molar-refractivity contribution is 7.86. The molecule has 0 aromatic heterocycles. The van der Waals surface area contributed by atoms with Crippen LogP contribution in [0.15, 0.2) is 58.3 Å². The van der Waals surface area contributed by atoms with E-state index in [0.29, 0.717) is 0 Å². The Balaban J connectivity index is 2.27. The molecule has 0 aliphatic rings. The lowest BCUT2D eigenvalue weighted by atomic mass is 10.1. The average molecular weight is 422 g/mol. The molecule has 1 amide bonds. The zero-order valence-electron chi connectivity index (χ0n) is 13.8. The monoisotopic (exact) mass is 422 g/mol. The minimum Gasteiger partial charge on any atom is -0.507 e. The fourth-order valence-electron chi connectivity index (χ4n) is 2.54. The quantitative estimate of drug-likeness (QED) is 0.465. The molecule has 0 saturated heterocycles. The van der Waals surface area contributed by atoms with Gasteiger partial charge in [-0.3, -0.25) is 13.9 Å². The van der Waals surface area contributed by atoms with E-state index in [1.807, 2.05) is 0 Å². The van der Waals surface area contributed by atoms with Crippen molar-refractivity contribution in [2.45, 2.75) is 9.79 Å². The number of anilines is 1. The van der Waals surface area contributed by atoms with E-state index in [-0.39, 0.29) is 22.0 Å². The summed E-state index contributed by atoms with van der Waals surface area (Å²) in [4.78, 5) is 10.9. The third-order valence-electron chi connectivity index (χ3n) is 3.77. The van der Waals surface area contributed by atoms with Gasteiger partial charge < -0.3 is 10.4 Å². The van der Waals surface area contributed by atoms with Crippen molar-refractivity contribution in [1.82, 2.24) is 0 Å². The molecule has 0 spiro atoms. The van der Waals surface area contributed by atoms with Crippen molar-refractivity contribution in [3.63, 3.8) is 0 Å². The fourth-order valence-corrected chi connectivity index (χ4v) is 3.59. The molecule has 9 nitrogen and oxygen atoms in total. The predicted octanol–water partition coefficient (Wildman–Crippen LogP) is 2.09. The van der Waals surface area contributed by atoms with Crippen LogP contribution in [0.4, 0.5) is 5.69 Å². The van der Waals surface area contributed by atoms with Crippen LogP contribution in [0.5, 0.6) is 5.75 Å². The minimum absolute atomic E-state index is 0.135. The zero-order valence-corrected chi connectivity index (χ0v) is 15.5. The van der Waals surface area contributed by atoms with E-state index >= 15 is 0 Å². The van der Waals surface area contributed by atoms with Crippen LogP contribution in [-0.4, -0.2) is 37.0 Å². The minimum atomic E-state index is -4.76. The Kier molecular flexibility index (Phi) is 4.85. The number of phenols is 1. The smallest absolute Gasteiger partial charge is 0.295 e. The summed E-state index contributed by atoms with van der Waals surface area (Å²) in [6, 6.07) is 12.6. The Bertz CT molecular complexity index is 1290. The van der Waals surface area contributed by atoms with E-state index in [9.17, 15) is 31.3 Å². The van der Waals surface area contributed by atoms with Crippen molar-refractivity contribution < 1.29 is 35.8 Å². The second kappa shape index (κ2) is 6.87. The van der Waals surface area contributed by atoms with Crippen molar-refractivity contribution in [2.75, 3.05) is 5.32 Å². The number of carbonyl (C=O) groups is 1. The van der Waals surface area contributed by atoms with Gasteiger partial charge >= 0.3 is 0 Å². The van der Waals surface area contributed by atoms with Crippen molar-refractivity contribution in [3.8, 4) is 5.75 Å². The largest absolute Gasteiger partial charge is 0.507 e. The maximum absolute atomic E-state index is 12.4. The molecule has 0 heterocycles. The Morgan fingerprint density at radius 1 is 0.929 bits per heavy atom. The molecule has 0 unspecified atom stereocenters. The number of benzene rings is 3. The van der Waals surface area contributed by atoms with E-state index in [1.165, 1.54) is 12.1 Å². The molecule has 3 aromatic carbocycles. The normalized spacial score (nSPS) is 12.1. The second-order valence-corrected chi connectivity index (χ2v) is 8.50. The summed E-state index contributed by atoms with van der Waals surface area (Å²) < 4.78 is 64.3. The number of fused-ring (bicyclic) bond motifs is 1. The zero-order chi connectivity index (χ0) is 20.7. The molecule has 4 N–H and O–H groups in total. The van der Waals surface area contributed by atoms with Gasteiger partial charge in [0.1, 0.15) is 10.6 Å². The number of phenolic OH excluding ortho intramolecular Hbond substituents is 1. The first-order valence-corrected chi connectivity index (χ1v) is 10.4. The van der Waals surface area contributed by atoms with E-state index in [4.69, 9.17) is 4.55 Å². The summed E-state index contributed by atoms with van der Waals surface area (Å²) in [5.74, 6) is -1.40. The average Bonchev–Trinajstić information content (AvgIpc) is 2.60. The molecule has 0 fully saturated rings. The maximum atomic E-state index is 12.4. The third-order valence-corrected chi connectivity index (χ3v) is 5.37. The standard InChI is InChI=1S/C17H12NO8S2/c19-15-9-13(28(24,25)26)7-11-6-12(27(21,22)23)8-14(16(11)15)18-17(20)10-4-2-1-3-5-10/h1-8,19H,(H,18,20)(H,21,22,23)(H,24,25,26). The van der Waals surface area contributed by atoms with Crippen LogP contribution in [0.2, 0.25) is 0 Å².